The number of nitriles is 1. The van der Waals surface area contributed by atoms with Gasteiger partial charge in [0.1, 0.15) is 17.7 Å². The van der Waals surface area contributed by atoms with E-state index < -0.39 is 11.9 Å². The predicted molar refractivity (Wildman–Crippen MR) is 78.0 cm³/mol. The molecule has 1 amide bonds. The molecule has 1 atom stereocenters. The fourth-order valence-corrected chi connectivity index (χ4v) is 2.37. The Morgan fingerprint density at radius 3 is 2.19 bits per heavy atom. The van der Waals surface area contributed by atoms with Crippen molar-refractivity contribution < 1.29 is 4.79 Å². The van der Waals surface area contributed by atoms with Crippen LogP contribution in [0.4, 0.5) is 0 Å². The molecule has 0 fully saturated rings. The number of carbonyl (C=O) groups excluding carboxylic acids is 1. The molecule has 2 aromatic carbocycles. The molecular weight excluding hydrogens is 262 g/mol. The van der Waals surface area contributed by atoms with Gasteiger partial charge in [0.15, 0.2) is 0 Å². The van der Waals surface area contributed by atoms with Crippen LogP contribution in [0.2, 0.25) is 0 Å². The van der Waals surface area contributed by atoms with Crippen LogP contribution in [0, 0.1) is 11.3 Å². The lowest BCUT2D eigenvalue weighted by atomic mass is 9.89. The minimum Gasteiger partial charge on any atom is -0.264 e. The first kappa shape index (κ1) is 12.9. The van der Waals surface area contributed by atoms with Crippen LogP contribution in [0.25, 0.3) is 5.57 Å². The van der Waals surface area contributed by atoms with Crippen LogP contribution in [0.3, 0.4) is 0 Å². The van der Waals surface area contributed by atoms with E-state index in [-0.39, 0.29) is 5.57 Å². The number of benzene rings is 2. The Labute approximate surface area is 122 Å². The van der Waals surface area contributed by atoms with E-state index in [2.05, 4.69) is 10.2 Å². The molecule has 100 valence electrons. The van der Waals surface area contributed by atoms with Crippen molar-refractivity contribution in [3.63, 3.8) is 0 Å². The van der Waals surface area contributed by atoms with Crippen LogP contribution in [0.1, 0.15) is 17.2 Å². The van der Waals surface area contributed by atoms with Crippen LogP contribution in [0.15, 0.2) is 76.5 Å². The van der Waals surface area contributed by atoms with Gasteiger partial charge in [-0.1, -0.05) is 60.7 Å². The summed E-state index contributed by atoms with van der Waals surface area (Å²) in [5, 5.41) is 17.1. The Morgan fingerprint density at radius 1 is 0.952 bits per heavy atom. The first-order valence-electron chi connectivity index (χ1n) is 6.51. The van der Waals surface area contributed by atoms with Gasteiger partial charge in [-0.3, -0.25) is 4.79 Å². The highest BCUT2D eigenvalue weighted by atomic mass is 16.1. The molecule has 1 heterocycles. The molecule has 0 aromatic heterocycles. The molecular formula is C17H11N3O. The summed E-state index contributed by atoms with van der Waals surface area (Å²) in [7, 11) is 0. The smallest absolute Gasteiger partial charge is 0.264 e. The molecule has 3 rings (SSSR count). The number of azo groups is 1. The highest BCUT2D eigenvalue weighted by molar-refractivity contribution is 6.07. The third kappa shape index (κ3) is 2.37. The molecule has 0 bridgehead atoms. The van der Waals surface area contributed by atoms with E-state index in [4.69, 9.17) is 0 Å². The van der Waals surface area contributed by atoms with Gasteiger partial charge >= 0.3 is 5.91 Å². The molecule has 0 saturated carbocycles. The van der Waals surface area contributed by atoms with Crippen molar-refractivity contribution in [2.24, 2.45) is 10.2 Å². The predicted octanol–water partition coefficient (Wildman–Crippen LogP) is 3.70. The number of amides is 1. The molecule has 1 unspecified atom stereocenters. The molecule has 1 aliphatic heterocycles. The molecule has 4 nitrogen and oxygen atoms in total. The topological polar surface area (TPSA) is 65.6 Å². The zero-order valence-electron chi connectivity index (χ0n) is 11.1. The molecule has 0 N–H and O–H groups in total. The van der Waals surface area contributed by atoms with Gasteiger partial charge in [0.2, 0.25) is 0 Å². The Balaban J connectivity index is 2.21. The van der Waals surface area contributed by atoms with Crippen LogP contribution < -0.4 is 0 Å². The number of hydrogen-bond donors (Lipinski definition) is 0. The van der Waals surface area contributed by atoms with Gasteiger partial charge in [-0.2, -0.15) is 10.4 Å². The summed E-state index contributed by atoms with van der Waals surface area (Å²) in [5.74, 6) is -0.580. The van der Waals surface area contributed by atoms with E-state index >= 15 is 0 Å². The summed E-state index contributed by atoms with van der Waals surface area (Å²) in [6.45, 7) is 0. The summed E-state index contributed by atoms with van der Waals surface area (Å²) in [6, 6.07) is 20.5. The Kier molecular flexibility index (Phi) is 3.40. The van der Waals surface area contributed by atoms with E-state index in [0.29, 0.717) is 5.57 Å². The standard InChI is InChI=1S/C17H11N3O/c18-11-14-15(12-7-3-1-4-8-12)16(19-20-17(14)21)13-9-5-2-6-10-13/h1-10,16H. The van der Waals surface area contributed by atoms with Crippen molar-refractivity contribution in [3.8, 4) is 6.07 Å². The Bertz CT molecular complexity index is 771. The summed E-state index contributed by atoms with van der Waals surface area (Å²) in [6.07, 6.45) is 0. The largest absolute Gasteiger partial charge is 0.306 e. The maximum absolute atomic E-state index is 11.8. The average Bonchev–Trinajstić information content (AvgIpc) is 2.56. The van der Waals surface area contributed by atoms with E-state index in [9.17, 15) is 10.1 Å². The SMILES string of the molecule is N#CC1=C(c2ccccc2)C(c2ccccc2)N=NC1=O. The normalized spacial score (nSPS) is 17.7. The average molecular weight is 273 g/mol. The van der Waals surface area contributed by atoms with Gasteiger partial charge in [0.25, 0.3) is 0 Å². The molecule has 4 heteroatoms. The molecule has 2 aromatic rings. The van der Waals surface area contributed by atoms with Gasteiger partial charge < -0.3 is 0 Å². The molecule has 1 aliphatic rings. The minimum absolute atomic E-state index is 0.0602. The molecule has 0 aliphatic carbocycles. The lowest BCUT2D eigenvalue weighted by Crippen LogP contribution is -2.12. The molecule has 21 heavy (non-hydrogen) atoms. The zero-order valence-corrected chi connectivity index (χ0v) is 11.1. The van der Waals surface area contributed by atoms with Gasteiger partial charge in [-0.05, 0) is 11.1 Å². The Morgan fingerprint density at radius 2 is 1.57 bits per heavy atom. The second kappa shape index (κ2) is 5.51. The lowest BCUT2D eigenvalue weighted by Gasteiger charge is -2.20. The number of rotatable bonds is 2. The monoisotopic (exact) mass is 273 g/mol. The first-order valence-corrected chi connectivity index (χ1v) is 6.51. The van der Waals surface area contributed by atoms with Crippen LogP contribution in [-0.4, -0.2) is 5.91 Å². The van der Waals surface area contributed by atoms with E-state index in [1.165, 1.54) is 0 Å². The van der Waals surface area contributed by atoms with Crippen molar-refractivity contribution in [2.75, 3.05) is 0 Å². The van der Waals surface area contributed by atoms with Crippen LogP contribution in [0.5, 0.6) is 0 Å². The second-order valence-electron chi connectivity index (χ2n) is 4.60. The van der Waals surface area contributed by atoms with Crippen LogP contribution in [-0.2, 0) is 4.79 Å². The highest BCUT2D eigenvalue weighted by Gasteiger charge is 2.29. The number of hydrogen-bond acceptors (Lipinski definition) is 3. The highest BCUT2D eigenvalue weighted by Crippen LogP contribution is 2.38. The van der Waals surface area contributed by atoms with Crippen molar-refractivity contribution in [3.05, 3.63) is 77.4 Å². The van der Waals surface area contributed by atoms with Crippen molar-refractivity contribution in [1.82, 2.24) is 0 Å². The quantitative estimate of drug-likeness (QED) is 0.837. The van der Waals surface area contributed by atoms with E-state index in [1.54, 1.807) is 0 Å². The van der Waals surface area contributed by atoms with Gasteiger partial charge in [-0.25, -0.2) is 0 Å². The Hall–Kier alpha value is -3.06. The summed E-state index contributed by atoms with van der Waals surface area (Å²) < 4.78 is 0. The van der Waals surface area contributed by atoms with Gasteiger partial charge in [0.05, 0.1) is 0 Å². The molecule has 0 saturated heterocycles. The fourth-order valence-electron chi connectivity index (χ4n) is 2.37. The second-order valence-corrected chi connectivity index (χ2v) is 4.60. The summed E-state index contributed by atoms with van der Waals surface area (Å²) >= 11 is 0. The first-order chi connectivity index (χ1) is 10.3. The van der Waals surface area contributed by atoms with Crippen LogP contribution >= 0.6 is 0 Å². The number of nitrogens with zero attached hydrogens (tertiary/aromatic N) is 3. The maximum atomic E-state index is 11.8. The minimum atomic E-state index is -0.580. The summed E-state index contributed by atoms with van der Waals surface area (Å²) in [5.41, 5.74) is 2.39. The zero-order chi connectivity index (χ0) is 14.7. The van der Waals surface area contributed by atoms with E-state index in [0.717, 1.165) is 11.1 Å². The third-order valence-corrected chi connectivity index (χ3v) is 3.33. The van der Waals surface area contributed by atoms with Crippen molar-refractivity contribution in [1.29, 1.82) is 5.26 Å². The molecule has 0 radical (unpaired) electrons. The van der Waals surface area contributed by atoms with Gasteiger partial charge in [0, 0.05) is 5.57 Å². The number of carbonyl (C=O) groups is 1. The van der Waals surface area contributed by atoms with E-state index in [1.807, 2.05) is 66.7 Å². The lowest BCUT2D eigenvalue weighted by molar-refractivity contribution is -0.114. The van der Waals surface area contributed by atoms with Gasteiger partial charge in [-0.15, -0.1) is 5.11 Å². The molecule has 0 spiro atoms. The fraction of sp³-hybridized carbons (Fsp3) is 0.0588. The third-order valence-electron chi connectivity index (χ3n) is 3.33. The summed E-state index contributed by atoms with van der Waals surface area (Å²) in [4.78, 5) is 11.8. The maximum Gasteiger partial charge on any atom is 0.306 e. The van der Waals surface area contributed by atoms with Crippen molar-refractivity contribution >= 4 is 11.5 Å². The van der Waals surface area contributed by atoms with Crippen molar-refractivity contribution in [2.45, 2.75) is 6.04 Å².